The Hall–Kier alpha value is -1.79. The zero-order valence-electron chi connectivity index (χ0n) is 14.7. The highest BCUT2D eigenvalue weighted by atomic mass is 79.9. The number of aryl methyl sites for hydroxylation is 1. The topological polar surface area (TPSA) is 41.8 Å². The predicted molar refractivity (Wildman–Crippen MR) is 102 cm³/mol. The second-order valence-corrected chi connectivity index (χ2v) is 6.60. The van der Waals surface area contributed by atoms with Gasteiger partial charge < -0.3 is 19.5 Å². The standard InChI is InChI=1S/C18H25BrN4O/c1-20-18(23(3)13-16-10-15(19)12-22(16)2)21-11-17(24-4)14-8-6-5-7-9-14/h5-10,12,17H,11,13H2,1-4H3,(H,20,21). The van der Waals surface area contributed by atoms with Crippen LogP contribution >= 0.6 is 15.9 Å². The van der Waals surface area contributed by atoms with Crippen LogP contribution in [0.2, 0.25) is 0 Å². The zero-order chi connectivity index (χ0) is 17.5. The summed E-state index contributed by atoms with van der Waals surface area (Å²) in [6, 6.07) is 12.3. The van der Waals surface area contributed by atoms with E-state index in [1.165, 1.54) is 5.69 Å². The van der Waals surface area contributed by atoms with Crippen LogP contribution in [0, 0.1) is 0 Å². The lowest BCUT2D eigenvalue weighted by Crippen LogP contribution is -2.40. The molecule has 0 amide bonds. The fourth-order valence-electron chi connectivity index (χ4n) is 2.61. The summed E-state index contributed by atoms with van der Waals surface area (Å²) in [4.78, 5) is 6.47. The number of guanidine groups is 1. The summed E-state index contributed by atoms with van der Waals surface area (Å²) < 4.78 is 8.80. The van der Waals surface area contributed by atoms with Gasteiger partial charge in [-0.15, -0.1) is 0 Å². The van der Waals surface area contributed by atoms with Gasteiger partial charge in [0.05, 0.1) is 12.6 Å². The molecule has 130 valence electrons. The Kier molecular flexibility index (Phi) is 6.87. The van der Waals surface area contributed by atoms with Crippen LogP contribution in [0.5, 0.6) is 0 Å². The number of hydrogen-bond acceptors (Lipinski definition) is 2. The van der Waals surface area contributed by atoms with E-state index in [-0.39, 0.29) is 6.10 Å². The summed E-state index contributed by atoms with van der Waals surface area (Å²) in [5.74, 6) is 0.838. The Bertz CT molecular complexity index is 669. The van der Waals surface area contributed by atoms with Crippen molar-refractivity contribution in [3.05, 3.63) is 58.3 Å². The zero-order valence-corrected chi connectivity index (χ0v) is 16.2. The molecule has 24 heavy (non-hydrogen) atoms. The van der Waals surface area contributed by atoms with Crippen molar-refractivity contribution in [1.29, 1.82) is 0 Å². The number of methoxy groups -OCH3 is 1. The van der Waals surface area contributed by atoms with Gasteiger partial charge in [0.25, 0.3) is 0 Å². The molecule has 5 nitrogen and oxygen atoms in total. The van der Waals surface area contributed by atoms with E-state index in [4.69, 9.17) is 4.74 Å². The lowest BCUT2D eigenvalue weighted by atomic mass is 10.1. The molecule has 0 fully saturated rings. The predicted octanol–water partition coefficient (Wildman–Crippen LogP) is 3.18. The van der Waals surface area contributed by atoms with Gasteiger partial charge in [-0.05, 0) is 27.6 Å². The van der Waals surface area contributed by atoms with Gasteiger partial charge in [-0.25, -0.2) is 0 Å². The first-order valence-electron chi connectivity index (χ1n) is 7.85. The molecule has 0 saturated carbocycles. The van der Waals surface area contributed by atoms with Crippen molar-refractivity contribution >= 4 is 21.9 Å². The number of rotatable bonds is 6. The fraction of sp³-hybridized carbons (Fsp3) is 0.389. The van der Waals surface area contributed by atoms with Gasteiger partial charge in [0.15, 0.2) is 5.96 Å². The highest BCUT2D eigenvalue weighted by Gasteiger charge is 2.14. The Morgan fingerprint density at radius 3 is 2.62 bits per heavy atom. The maximum absolute atomic E-state index is 5.61. The number of nitrogens with zero attached hydrogens (tertiary/aromatic N) is 3. The van der Waals surface area contributed by atoms with Crippen LogP contribution in [0.4, 0.5) is 0 Å². The summed E-state index contributed by atoms with van der Waals surface area (Å²) in [7, 11) is 7.60. The first-order chi connectivity index (χ1) is 11.5. The van der Waals surface area contributed by atoms with Crippen LogP contribution in [0.3, 0.4) is 0 Å². The minimum Gasteiger partial charge on any atom is -0.375 e. The quantitative estimate of drug-likeness (QED) is 0.606. The van der Waals surface area contributed by atoms with E-state index in [0.29, 0.717) is 6.54 Å². The molecule has 1 atom stereocenters. The Balaban J connectivity index is 1.97. The molecule has 2 aromatic rings. The van der Waals surface area contributed by atoms with E-state index >= 15 is 0 Å². The van der Waals surface area contributed by atoms with Gasteiger partial charge in [-0.3, -0.25) is 4.99 Å². The normalized spacial score (nSPS) is 13.0. The number of nitrogens with one attached hydrogen (secondary N) is 1. The average molecular weight is 393 g/mol. The highest BCUT2D eigenvalue weighted by molar-refractivity contribution is 9.10. The van der Waals surface area contributed by atoms with E-state index in [9.17, 15) is 0 Å². The molecule has 1 aromatic carbocycles. The smallest absolute Gasteiger partial charge is 0.193 e. The molecule has 1 aromatic heterocycles. The summed E-state index contributed by atoms with van der Waals surface area (Å²) in [5, 5.41) is 3.40. The van der Waals surface area contributed by atoms with Gasteiger partial charge in [-0.1, -0.05) is 30.3 Å². The summed E-state index contributed by atoms with van der Waals surface area (Å²) in [6.07, 6.45) is 2.04. The van der Waals surface area contributed by atoms with Crippen molar-refractivity contribution in [1.82, 2.24) is 14.8 Å². The van der Waals surface area contributed by atoms with Crippen molar-refractivity contribution in [3.8, 4) is 0 Å². The number of aromatic nitrogens is 1. The molecule has 0 aliphatic heterocycles. The maximum Gasteiger partial charge on any atom is 0.193 e. The minimum atomic E-state index is -0.0134. The minimum absolute atomic E-state index is 0.0134. The second-order valence-electron chi connectivity index (χ2n) is 5.68. The molecule has 1 heterocycles. The second kappa shape index (κ2) is 8.89. The number of hydrogen-bond donors (Lipinski definition) is 1. The summed E-state index contributed by atoms with van der Waals surface area (Å²) in [6.45, 7) is 1.43. The summed E-state index contributed by atoms with van der Waals surface area (Å²) in [5.41, 5.74) is 2.36. The van der Waals surface area contributed by atoms with Crippen LogP contribution in [0.25, 0.3) is 0 Å². The summed E-state index contributed by atoms with van der Waals surface area (Å²) >= 11 is 3.51. The van der Waals surface area contributed by atoms with Crippen LogP contribution in [-0.4, -0.2) is 43.2 Å². The molecular formula is C18H25BrN4O. The molecule has 1 N–H and O–H groups in total. The molecule has 6 heteroatoms. The maximum atomic E-state index is 5.61. The molecule has 0 aliphatic rings. The molecule has 0 saturated heterocycles. The third-order valence-electron chi connectivity index (χ3n) is 3.95. The van der Waals surface area contributed by atoms with Crippen molar-refractivity contribution in [2.45, 2.75) is 12.6 Å². The number of ether oxygens (including phenoxy) is 1. The molecule has 0 spiro atoms. The van der Waals surface area contributed by atoms with Gasteiger partial charge in [0, 0.05) is 51.2 Å². The van der Waals surface area contributed by atoms with Crippen LogP contribution in [0.1, 0.15) is 17.4 Å². The molecule has 0 aliphatic carbocycles. The Morgan fingerprint density at radius 1 is 1.38 bits per heavy atom. The fourth-order valence-corrected chi connectivity index (χ4v) is 3.19. The van der Waals surface area contributed by atoms with Gasteiger partial charge in [0.2, 0.25) is 0 Å². The van der Waals surface area contributed by atoms with Crippen LogP contribution in [0.15, 0.2) is 52.1 Å². The van der Waals surface area contributed by atoms with E-state index in [1.54, 1.807) is 14.2 Å². The number of benzene rings is 1. The van der Waals surface area contributed by atoms with E-state index < -0.39 is 0 Å². The first-order valence-corrected chi connectivity index (χ1v) is 8.64. The molecule has 2 rings (SSSR count). The van der Waals surface area contributed by atoms with Crippen molar-refractivity contribution in [3.63, 3.8) is 0 Å². The van der Waals surface area contributed by atoms with Gasteiger partial charge >= 0.3 is 0 Å². The van der Waals surface area contributed by atoms with Crippen LogP contribution < -0.4 is 5.32 Å². The Morgan fingerprint density at radius 2 is 2.08 bits per heavy atom. The lowest BCUT2D eigenvalue weighted by molar-refractivity contribution is 0.106. The molecular weight excluding hydrogens is 368 g/mol. The number of aliphatic imine (C=N–C) groups is 1. The largest absolute Gasteiger partial charge is 0.375 e. The van der Waals surface area contributed by atoms with Gasteiger partial charge in [-0.2, -0.15) is 0 Å². The van der Waals surface area contributed by atoms with Gasteiger partial charge in [0.1, 0.15) is 0 Å². The number of halogens is 1. The van der Waals surface area contributed by atoms with E-state index in [0.717, 1.165) is 22.5 Å². The first kappa shape index (κ1) is 18.5. The van der Waals surface area contributed by atoms with Crippen molar-refractivity contribution in [2.24, 2.45) is 12.0 Å². The lowest BCUT2D eigenvalue weighted by Gasteiger charge is -2.24. The molecule has 0 radical (unpaired) electrons. The monoisotopic (exact) mass is 392 g/mol. The third-order valence-corrected chi connectivity index (χ3v) is 4.38. The third kappa shape index (κ3) is 4.85. The van der Waals surface area contributed by atoms with Crippen molar-refractivity contribution < 1.29 is 4.74 Å². The van der Waals surface area contributed by atoms with Crippen molar-refractivity contribution in [2.75, 3.05) is 27.7 Å². The average Bonchev–Trinajstić information content (AvgIpc) is 2.89. The molecule has 0 bridgehead atoms. The Labute approximate surface area is 152 Å². The highest BCUT2D eigenvalue weighted by Crippen LogP contribution is 2.16. The van der Waals surface area contributed by atoms with E-state index in [1.807, 2.05) is 32.3 Å². The van der Waals surface area contributed by atoms with Crippen LogP contribution in [-0.2, 0) is 18.3 Å². The molecule has 1 unspecified atom stereocenters. The SMILES string of the molecule is CN=C(NCC(OC)c1ccccc1)N(C)Cc1cc(Br)cn1C. The van der Waals surface area contributed by atoms with E-state index in [2.05, 4.69) is 60.1 Å².